The van der Waals surface area contributed by atoms with Crippen molar-refractivity contribution in [2.75, 3.05) is 5.32 Å². The topological polar surface area (TPSA) is 55.4 Å². The van der Waals surface area contributed by atoms with Gasteiger partial charge in [-0.2, -0.15) is 13.2 Å². The molecule has 0 bridgehead atoms. The first-order valence-corrected chi connectivity index (χ1v) is 13.4. The van der Waals surface area contributed by atoms with Crippen LogP contribution in [0, 0.1) is 11.3 Å². The summed E-state index contributed by atoms with van der Waals surface area (Å²) in [6, 6.07) is 10.8. The number of esters is 1. The van der Waals surface area contributed by atoms with Gasteiger partial charge in [-0.25, -0.2) is 0 Å². The minimum Gasteiger partial charge on any atom is -0.460 e. The summed E-state index contributed by atoms with van der Waals surface area (Å²) in [5, 5.41) is 3.16. The van der Waals surface area contributed by atoms with E-state index in [9.17, 15) is 22.8 Å². The Bertz CT molecular complexity index is 1160. The Kier molecular flexibility index (Phi) is 9.14. The molecule has 0 aromatic heterocycles. The molecule has 0 heterocycles. The number of hydrogen-bond donors (Lipinski definition) is 1. The summed E-state index contributed by atoms with van der Waals surface area (Å²) >= 11 is 12.3. The number of anilines is 1. The van der Waals surface area contributed by atoms with E-state index in [2.05, 4.69) is 12.2 Å². The summed E-state index contributed by atoms with van der Waals surface area (Å²) in [5.74, 6) is -4.86. The molecule has 1 fully saturated rings. The van der Waals surface area contributed by atoms with Crippen LogP contribution >= 0.6 is 23.2 Å². The number of amides is 1. The van der Waals surface area contributed by atoms with Crippen LogP contribution in [0.25, 0.3) is 0 Å². The van der Waals surface area contributed by atoms with Crippen LogP contribution in [0.4, 0.5) is 18.9 Å². The lowest BCUT2D eigenvalue weighted by atomic mass is 9.84. The maximum atomic E-state index is 13.7. The lowest BCUT2D eigenvalue weighted by molar-refractivity contribution is -0.178. The van der Waals surface area contributed by atoms with E-state index in [-0.39, 0.29) is 40.0 Å². The van der Waals surface area contributed by atoms with Crippen molar-refractivity contribution < 1.29 is 27.5 Å². The SMILES string of the molecule is C[C@H]([C@H](C(=O)Nc1cc(C(CC(=O)OC(C)(C)C)CC2(C)CC2)ccc1Cl)c1ccc(Cl)cc1)C(F)(F)F. The molecule has 208 valence electrons. The van der Waals surface area contributed by atoms with Crippen molar-refractivity contribution in [2.45, 2.75) is 83.9 Å². The van der Waals surface area contributed by atoms with Gasteiger partial charge in [0.05, 0.1) is 29.0 Å². The van der Waals surface area contributed by atoms with Crippen LogP contribution in [0.1, 0.15) is 83.3 Å². The number of ether oxygens (including phenoxy) is 1. The molecule has 4 nitrogen and oxygen atoms in total. The quantitative estimate of drug-likeness (QED) is 0.305. The second kappa shape index (κ2) is 11.5. The summed E-state index contributed by atoms with van der Waals surface area (Å²) in [7, 11) is 0. The Balaban J connectivity index is 1.91. The van der Waals surface area contributed by atoms with Crippen molar-refractivity contribution in [3.8, 4) is 0 Å². The Morgan fingerprint density at radius 2 is 1.61 bits per heavy atom. The minimum absolute atomic E-state index is 0.109. The third kappa shape index (κ3) is 8.37. The van der Waals surface area contributed by atoms with Gasteiger partial charge in [0.2, 0.25) is 5.91 Å². The molecule has 1 aliphatic rings. The fourth-order valence-corrected chi connectivity index (χ4v) is 4.82. The summed E-state index contributed by atoms with van der Waals surface area (Å²) in [5.41, 5.74) is 0.620. The summed E-state index contributed by atoms with van der Waals surface area (Å²) < 4.78 is 46.8. The predicted molar refractivity (Wildman–Crippen MR) is 145 cm³/mol. The lowest BCUT2D eigenvalue weighted by Crippen LogP contribution is -2.34. The van der Waals surface area contributed by atoms with E-state index in [0.717, 1.165) is 31.7 Å². The van der Waals surface area contributed by atoms with Gasteiger partial charge < -0.3 is 10.1 Å². The molecule has 1 aliphatic carbocycles. The van der Waals surface area contributed by atoms with E-state index >= 15 is 0 Å². The van der Waals surface area contributed by atoms with Crippen LogP contribution in [0.5, 0.6) is 0 Å². The molecule has 2 aromatic rings. The number of alkyl halides is 3. The van der Waals surface area contributed by atoms with E-state index in [0.29, 0.717) is 5.02 Å². The third-order valence-electron chi connectivity index (χ3n) is 6.92. The molecule has 3 rings (SSSR count). The van der Waals surface area contributed by atoms with Crippen molar-refractivity contribution in [1.29, 1.82) is 0 Å². The highest BCUT2D eigenvalue weighted by Gasteiger charge is 2.45. The number of carbonyl (C=O) groups excluding carboxylic acids is 2. The van der Waals surface area contributed by atoms with E-state index in [1.807, 2.05) is 0 Å². The highest BCUT2D eigenvalue weighted by Crippen LogP contribution is 2.52. The normalized spacial score (nSPS) is 17.3. The van der Waals surface area contributed by atoms with Crippen molar-refractivity contribution in [3.63, 3.8) is 0 Å². The van der Waals surface area contributed by atoms with E-state index < -0.39 is 29.5 Å². The fourth-order valence-electron chi connectivity index (χ4n) is 4.53. The number of hydrogen-bond acceptors (Lipinski definition) is 3. The predicted octanol–water partition coefficient (Wildman–Crippen LogP) is 8.92. The highest BCUT2D eigenvalue weighted by atomic mass is 35.5. The molecule has 1 saturated carbocycles. The van der Waals surface area contributed by atoms with Gasteiger partial charge in [-0.3, -0.25) is 9.59 Å². The zero-order valence-electron chi connectivity index (χ0n) is 22.2. The third-order valence-corrected chi connectivity index (χ3v) is 7.50. The monoisotopic (exact) mass is 571 g/mol. The number of nitrogens with one attached hydrogen (secondary N) is 1. The molecule has 0 radical (unpaired) electrons. The largest absolute Gasteiger partial charge is 0.460 e. The summed E-state index contributed by atoms with van der Waals surface area (Å²) in [6.45, 7) is 8.54. The van der Waals surface area contributed by atoms with Crippen molar-refractivity contribution in [2.24, 2.45) is 11.3 Å². The number of halogens is 5. The van der Waals surface area contributed by atoms with Crippen LogP contribution in [0.15, 0.2) is 42.5 Å². The van der Waals surface area contributed by atoms with Crippen LogP contribution in [0.2, 0.25) is 10.0 Å². The lowest BCUT2D eigenvalue weighted by Gasteiger charge is -2.27. The summed E-state index contributed by atoms with van der Waals surface area (Å²) in [6.07, 6.45) is -1.63. The molecule has 0 spiro atoms. The maximum Gasteiger partial charge on any atom is 0.392 e. The molecule has 0 saturated heterocycles. The molecule has 2 aromatic carbocycles. The Morgan fingerprint density at radius 1 is 1.03 bits per heavy atom. The molecule has 1 N–H and O–H groups in total. The first-order valence-electron chi connectivity index (χ1n) is 12.6. The number of rotatable bonds is 9. The number of benzene rings is 2. The Labute approximate surface area is 232 Å². The molecular formula is C29H34Cl2F3NO3. The highest BCUT2D eigenvalue weighted by molar-refractivity contribution is 6.33. The molecule has 38 heavy (non-hydrogen) atoms. The standard InChI is InChI=1S/C29H34Cl2F3NO3/c1-17(29(32,33)34)25(18-6-9-21(30)10-7-18)26(37)35-23-14-19(8-11-22(23)31)20(16-28(5)12-13-28)15-24(36)38-27(2,3)4/h6-11,14,17,20,25H,12-13,15-16H2,1-5H3,(H,35,37)/t17-,20?,25+/m1/s1. The first kappa shape index (κ1) is 30.3. The van der Waals surface area contributed by atoms with E-state index in [1.165, 1.54) is 24.3 Å². The maximum absolute atomic E-state index is 13.7. The minimum atomic E-state index is -4.61. The van der Waals surface area contributed by atoms with E-state index in [1.54, 1.807) is 39.0 Å². The molecule has 0 aliphatic heterocycles. The first-order chi connectivity index (χ1) is 17.5. The molecule has 1 amide bonds. The number of carbonyl (C=O) groups is 2. The second-order valence-corrected chi connectivity index (χ2v) is 12.4. The average molecular weight is 572 g/mol. The van der Waals surface area contributed by atoms with Crippen LogP contribution in [-0.2, 0) is 14.3 Å². The van der Waals surface area contributed by atoms with Gasteiger partial charge in [-0.15, -0.1) is 0 Å². The van der Waals surface area contributed by atoms with Gasteiger partial charge >= 0.3 is 12.1 Å². The molecule has 1 unspecified atom stereocenters. The van der Waals surface area contributed by atoms with Crippen molar-refractivity contribution >= 4 is 40.8 Å². The summed E-state index contributed by atoms with van der Waals surface area (Å²) in [4.78, 5) is 26.0. The molecular weight excluding hydrogens is 538 g/mol. The van der Waals surface area contributed by atoms with Crippen LogP contribution in [0.3, 0.4) is 0 Å². The van der Waals surface area contributed by atoms with Gasteiger partial charge in [-0.05, 0) is 86.8 Å². The van der Waals surface area contributed by atoms with Gasteiger partial charge in [-0.1, -0.05) is 55.2 Å². The fraction of sp³-hybridized carbons (Fsp3) is 0.517. The van der Waals surface area contributed by atoms with Gasteiger partial charge in [0.1, 0.15) is 5.60 Å². The Morgan fingerprint density at radius 3 is 2.13 bits per heavy atom. The van der Waals surface area contributed by atoms with Gasteiger partial charge in [0.15, 0.2) is 0 Å². The Hall–Kier alpha value is -2.25. The molecule has 9 heteroatoms. The second-order valence-electron chi connectivity index (χ2n) is 11.6. The van der Waals surface area contributed by atoms with Crippen molar-refractivity contribution in [3.05, 3.63) is 63.6 Å². The van der Waals surface area contributed by atoms with Crippen LogP contribution < -0.4 is 5.32 Å². The van der Waals surface area contributed by atoms with Crippen molar-refractivity contribution in [1.82, 2.24) is 0 Å². The average Bonchev–Trinajstić information content (AvgIpc) is 3.51. The zero-order valence-corrected chi connectivity index (χ0v) is 23.7. The van der Waals surface area contributed by atoms with Gasteiger partial charge in [0.25, 0.3) is 0 Å². The molecule has 3 atom stereocenters. The van der Waals surface area contributed by atoms with Crippen LogP contribution in [-0.4, -0.2) is 23.7 Å². The van der Waals surface area contributed by atoms with E-state index in [4.69, 9.17) is 27.9 Å². The zero-order chi connectivity index (χ0) is 28.5. The van der Waals surface area contributed by atoms with Gasteiger partial charge in [0, 0.05) is 5.02 Å². The smallest absolute Gasteiger partial charge is 0.392 e.